The van der Waals surface area contributed by atoms with Crippen LogP contribution in [0.2, 0.25) is 0 Å². The van der Waals surface area contributed by atoms with Gasteiger partial charge in [0, 0.05) is 6.42 Å². The van der Waals surface area contributed by atoms with Crippen LogP contribution in [0.1, 0.15) is 119 Å². The summed E-state index contributed by atoms with van der Waals surface area (Å²) in [7, 11) is 0. The first-order valence-corrected chi connectivity index (χ1v) is 12.0. The van der Waals surface area contributed by atoms with Crippen molar-refractivity contribution in [2.75, 3.05) is 0 Å². The Morgan fingerprint density at radius 3 is 1.32 bits per heavy atom. The lowest BCUT2D eigenvalue weighted by atomic mass is 9.90. The molecular formula is C25H50O3. The average Bonchev–Trinajstić information content (AvgIpc) is 2.60. The summed E-state index contributed by atoms with van der Waals surface area (Å²) in [4.78, 5) is 11.7. The van der Waals surface area contributed by atoms with Gasteiger partial charge >= 0.3 is 0 Å². The SMILES string of the molecule is CC(C)CCCC(C)CCCC(C)CCCC(C)CCCC(=O)C(O)C(C)O. The van der Waals surface area contributed by atoms with Crippen molar-refractivity contribution in [1.29, 1.82) is 0 Å². The molecule has 0 fully saturated rings. The van der Waals surface area contributed by atoms with Crippen molar-refractivity contribution in [3.63, 3.8) is 0 Å². The lowest BCUT2D eigenvalue weighted by molar-refractivity contribution is -0.132. The quantitative estimate of drug-likeness (QED) is 0.275. The molecule has 3 heteroatoms. The molecule has 5 atom stereocenters. The topological polar surface area (TPSA) is 57.5 Å². The van der Waals surface area contributed by atoms with E-state index in [-0.39, 0.29) is 5.78 Å². The maximum Gasteiger partial charge on any atom is 0.163 e. The minimum absolute atomic E-state index is 0.228. The van der Waals surface area contributed by atoms with Gasteiger partial charge in [-0.3, -0.25) is 4.79 Å². The maximum absolute atomic E-state index is 11.7. The summed E-state index contributed by atoms with van der Waals surface area (Å²) in [5, 5.41) is 18.8. The number of carbonyl (C=O) groups excluding carboxylic acids is 1. The Morgan fingerprint density at radius 2 is 0.964 bits per heavy atom. The fourth-order valence-electron chi connectivity index (χ4n) is 3.98. The van der Waals surface area contributed by atoms with E-state index in [2.05, 4.69) is 34.6 Å². The van der Waals surface area contributed by atoms with Gasteiger partial charge in [-0.2, -0.15) is 0 Å². The number of ketones is 1. The number of rotatable bonds is 18. The second kappa shape index (κ2) is 16.4. The number of aliphatic hydroxyl groups is 2. The van der Waals surface area contributed by atoms with Crippen LogP contribution in [0.5, 0.6) is 0 Å². The highest BCUT2D eigenvalue weighted by Gasteiger charge is 2.19. The zero-order valence-electron chi connectivity index (χ0n) is 19.8. The molecule has 0 bridgehead atoms. The Bertz CT molecular complexity index is 378. The zero-order chi connectivity index (χ0) is 21.5. The molecule has 0 rings (SSSR count). The van der Waals surface area contributed by atoms with E-state index in [9.17, 15) is 15.0 Å². The van der Waals surface area contributed by atoms with Crippen molar-refractivity contribution in [2.45, 2.75) is 131 Å². The molecule has 0 heterocycles. The van der Waals surface area contributed by atoms with Gasteiger partial charge in [0.15, 0.2) is 5.78 Å². The highest BCUT2D eigenvalue weighted by Crippen LogP contribution is 2.23. The molecule has 0 aliphatic rings. The molecule has 2 N–H and O–H groups in total. The average molecular weight is 399 g/mol. The van der Waals surface area contributed by atoms with E-state index in [1.54, 1.807) is 0 Å². The van der Waals surface area contributed by atoms with Crippen LogP contribution in [0.15, 0.2) is 0 Å². The molecule has 0 aliphatic heterocycles. The molecule has 28 heavy (non-hydrogen) atoms. The fraction of sp³-hybridized carbons (Fsp3) is 0.960. The molecule has 168 valence electrons. The number of hydrogen-bond acceptors (Lipinski definition) is 3. The molecule has 5 unspecified atom stereocenters. The van der Waals surface area contributed by atoms with Crippen molar-refractivity contribution in [1.82, 2.24) is 0 Å². The Hall–Kier alpha value is -0.410. The van der Waals surface area contributed by atoms with Crippen molar-refractivity contribution in [3.8, 4) is 0 Å². The Labute approximate surface area is 175 Å². The smallest absolute Gasteiger partial charge is 0.163 e. The van der Waals surface area contributed by atoms with Crippen LogP contribution in [0, 0.1) is 23.7 Å². The van der Waals surface area contributed by atoms with E-state index < -0.39 is 12.2 Å². The first-order chi connectivity index (χ1) is 13.1. The molecule has 0 spiro atoms. The third-order valence-corrected chi connectivity index (χ3v) is 6.17. The lowest BCUT2D eigenvalue weighted by Gasteiger charge is -2.16. The second-order valence-corrected chi connectivity index (χ2v) is 10.0. The zero-order valence-corrected chi connectivity index (χ0v) is 19.8. The van der Waals surface area contributed by atoms with Gasteiger partial charge in [-0.25, -0.2) is 0 Å². The largest absolute Gasteiger partial charge is 0.390 e. The predicted octanol–water partition coefficient (Wildman–Crippen LogP) is 6.54. The summed E-state index contributed by atoms with van der Waals surface area (Å²) in [6, 6.07) is 0. The van der Waals surface area contributed by atoms with Crippen LogP contribution in [-0.2, 0) is 4.79 Å². The first-order valence-electron chi connectivity index (χ1n) is 12.0. The van der Waals surface area contributed by atoms with Gasteiger partial charge in [-0.1, -0.05) is 98.8 Å². The molecule has 0 aliphatic carbocycles. The van der Waals surface area contributed by atoms with Crippen LogP contribution < -0.4 is 0 Å². The van der Waals surface area contributed by atoms with Crippen LogP contribution in [0.25, 0.3) is 0 Å². The number of hydrogen-bond donors (Lipinski definition) is 2. The third kappa shape index (κ3) is 15.5. The van der Waals surface area contributed by atoms with Gasteiger partial charge in [0.05, 0.1) is 6.10 Å². The Kier molecular flexibility index (Phi) is 16.2. The van der Waals surface area contributed by atoms with E-state index >= 15 is 0 Å². The summed E-state index contributed by atoms with van der Waals surface area (Å²) in [5.74, 6) is 2.93. The summed E-state index contributed by atoms with van der Waals surface area (Å²) in [6.45, 7) is 13.2. The minimum atomic E-state index is -1.21. The lowest BCUT2D eigenvalue weighted by Crippen LogP contribution is -2.31. The highest BCUT2D eigenvalue weighted by atomic mass is 16.3. The summed E-state index contributed by atoms with van der Waals surface area (Å²) in [6.07, 6.45) is 12.1. The summed E-state index contributed by atoms with van der Waals surface area (Å²) >= 11 is 0. The van der Waals surface area contributed by atoms with Crippen molar-refractivity contribution < 1.29 is 15.0 Å². The van der Waals surface area contributed by atoms with Crippen molar-refractivity contribution >= 4 is 5.78 Å². The van der Waals surface area contributed by atoms with E-state index in [4.69, 9.17) is 0 Å². The minimum Gasteiger partial charge on any atom is -0.390 e. The molecule has 0 aromatic rings. The number of aliphatic hydroxyl groups excluding tert-OH is 2. The van der Waals surface area contributed by atoms with Crippen molar-refractivity contribution in [3.05, 3.63) is 0 Å². The van der Waals surface area contributed by atoms with Crippen LogP contribution in [-0.4, -0.2) is 28.2 Å². The maximum atomic E-state index is 11.7. The van der Waals surface area contributed by atoms with Crippen LogP contribution in [0.3, 0.4) is 0 Å². The van der Waals surface area contributed by atoms with Gasteiger partial charge in [0.25, 0.3) is 0 Å². The monoisotopic (exact) mass is 398 g/mol. The van der Waals surface area contributed by atoms with Gasteiger partial charge in [0.2, 0.25) is 0 Å². The molecule has 3 nitrogen and oxygen atoms in total. The van der Waals surface area contributed by atoms with E-state index in [0.29, 0.717) is 12.3 Å². The standard InChI is InChI=1S/C25H50O3/c1-19(2)11-7-12-20(3)13-8-14-21(4)15-9-16-22(5)17-10-18-24(27)25(28)23(6)26/h19-23,25-26,28H,7-18H2,1-6H3. The van der Waals surface area contributed by atoms with Gasteiger partial charge in [-0.05, 0) is 37.0 Å². The van der Waals surface area contributed by atoms with Crippen LogP contribution >= 0.6 is 0 Å². The molecule has 0 amide bonds. The molecule has 0 radical (unpaired) electrons. The molecular weight excluding hydrogens is 348 g/mol. The number of Topliss-reactive ketones (excluding diaryl/α,β-unsaturated/α-hetero) is 1. The first kappa shape index (κ1) is 27.6. The van der Waals surface area contributed by atoms with E-state index in [1.807, 2.05) is 0 Å². The van der Waals surface area contributed by atoms with Crippen molar-refractivity contribution in [2.24, 2.45) is 23.7 Å². The van der Waals surface area contributed by atoms with E-state index in [1.165, 1.54) is 64.7 Å². The van der Waals surface area contributed by atoms with Gasteiger partial charge in [-0.15, -0.1) is 0 Å². The Morgan fingerprint density at radius 1 is 0.607 bits per heavy atom. The van der Waals surface area contributed by atoms with Gasteiger partial charge < -0.3 is 10.2 Å². The normalized spacial score (nSPS) is 17.3. The second-order valence-electron chi connectivity index (χ2n) is 10.0. The van der Waals surface area contributed by atoms with E-state index in [0.717, 1.165) is 30.6 Å². The number of carbonyl (C=O) groups is 1. The van der Waals surface area contributed by atoms with Gasteiger partial charge in [0.1, 0.15) is 6.10 Å². The predicted molar refractivity (Wildman–Crippen MR) is 120 cm³/mol. The highest BCUT2D eigenvalue weighted by molar-refractivity contribution is 5.83. The third-order valence-electron chi connectivity index (χ3n) is 6.17. The fourth-order valence-corrected chi connectivity index (χ4v) is 3.98. The van der Waals surface area contributed by atoms with Crippen LogP contribution in [0.4, 0.5) is 0 Å². The molecule has 0 aromatic carbocycles. The summed E-state index contributed by atoms with van der Waals surface area (Å²) in [5.41, 5.74) is 0. The molecule has 0 aromatic heterocycles. The molecule has 0 saturated heterocycles. The molecule has 0 saturated carbocycles. The Balaban J connectivity index is 3.66. The summed E-state index contributed by atoms with van der Waals surface area (Å²) < 4.78 is 0.